The minimum absolute atomic E-state index is 0.0765. The van der Waals surface area contributed by atoms with Gasteiger partial charge in [0.05, 0.1) is 14.5 Å². The van der Waals surface area contributed by atoms with Crippen LogP contribution in [0.25, 0.3) is 0 Å². The number of nitrogens with one attached hydrogen (secondary N) is 2. The average Bonchev–Trinajstić information content (AvgIpc) is 2.69. The molecule has 0 aliphatic rings. The lowest BCUT2D eigenvalue weighted by molar-refractivity contribution is 0.259. The van der Waals surface area contributed by atoms with Gasteiger partial charge in [0.1, 0.15) is 4.21 Å². The van der Waals surface area contributed by atoms with Gasteiger partial charge in [-0.05, 0) is 40.2 Å². The second-order valence-corrected chi connectivity index (χ2v) is 8.55. The van der Waals surface area contributed by atoms with Crippen LogP contribution < -0.4 is 15.8 Å². The summed E-state index contributed by atoms with van der Waals surface area (Å²) in [7, 11) is -3.75. The van der Waals surface area contributed by atoms with E-state index in [4.69, 9.17) is 17.3 Å². The minimum atomic E-state index is -3.75. The van der Waals surface area contributed by atoms with E-state index in [-0.39, 0.29) is 4.21 Å². The van der Waals surface area contributed by atoms with Gasteiger partial charge in [-0.1, -0.05) is 17.7 Å². The summed E-state index contributed by atoms with van der Waals surface area (Å²) in [5.74, 6) is 0. The Labute approximate surface area is 138 Å². The smallest absolute Gasteiger partial charge is 0.316 e. The Morgan fingerprint density at radius 1 is 1.29 bits per heavy atom. The van der Waals surface area contributed by atoms with Gasteiger partial charge in [-0.25, -0.2) is 13.2 Å². The lowest BCUT2D eigenvalue weighted by Gasteiger charge is -2.08. The SMILES string of the molecule is NC(=O)Nc1cccc(NS(=O)(=O)c2cc(Cl)c(Br)s2)c1. The fraction of sp³-hybridized carbons (Fsp3) is 0. The molecule has 2 aromatic rings. The van der Waals surface area contributed by atoms with E-state index in [9.17, 15) is 13.2 Å². The Bertz CT molecular complexity index is 772. The normalized spacial score (nSPS) is 11.1. The van der Waals surface area contributed by atoms with Gasteiger partial charge in [0.2, 0.25) is 0 Å². The van der Waals surface area contributed by atoms with Crippen molar-refractivity contribution in [2.24, 2.45) is 5.73 Å². The standard InChI is InChI=1S/C11H9BrClN3O3S2/c12-10-8(13)5-9(20-10)21(18,19)16-7-3-1-2-6(4-7)15-11(14)17/h1-5,16H,(H3,14,15,17). The molecule has 1 aromatic heterocycles. The van der Waals surface area contributed by atoms with Gasteiger partial charge >= 0.3 is 6.03 Å². The molecule has 0 radical (unpaired) electrons. The van der Waals surface area contributed by atoms with E-state index < -0.39 is 16.1 Å². The Kier molecular flexibility index (Phi) is 4.77. The molecule has 0 saturated heterocycles. The molecule has 0 fully saturated rings. The number of amides is 2. The van der Waals surface area contributed by atoms with Crippen molar-refractivity contribution in [1.82, 2.24) is 0 Å². The molecule has 2 rings (SSSR count). The highest BCUT2D eigenvalue weighted by atomic mass is 79.9. The first-order valence-electron chi connectivity index (χ1n) is 5.42. The molecule has 2 amide bonds. The number of carbonyl (C=O) groups excluding carboxylic acids is 1. The van der Waals surface area contributed by atoms with E-state index >= 15 is 0 Å². The van der Waals surface area contributed by atoms with Crippen LogP contribution in [0.1, 0.15) is 0 Å². The summed E-state index contributed by atoms with van der Waals surface area (Å²) in [5, 5.41) is 2.69. The first-order valence-corrected chi connectivity index (χ1v) is 8.89. The van der Waals surface area contributed by atoms with Crippen molar-refractivity contribution in [2.45, 2.75) is 4.21 Å². The molecule has 1 heterocycles. The van der Waals surface area contributed by atoms with Crippen molar-refractivity contribution >= 4 is 66.3 Å². The van der Waals surface area contributed by atoms with Crippen LogP contribution in [-0.2, 0) is 10.0 Å². The molecule has 21 heavy (non-hydrogen) atoms. The van der Waals surface area contributed by atoms with Crippen molar-refractivity contribution in [1.29, 1.82) is 0 Å². The molecule has 4 N–H and O–H groups in total. The number of rotatable bonds is 4. The van der Waals surface area contributed by atoms with Crippen LogP contribution in [0.4, 0.5) is 16.2 Å². The number of thiophene rings is 1. The monoisotopic (exact) mass is 409 g/mol. The fourth-order valence-corrected chi connectivity index (χ4v) is 4.92. The third-order valence-electron chi connectivity index (χ3n) is 2.27. The molecule has 112 valence electrons. The molecular weight excluding hydrogens is 402 g/mol. The predicted octanol–water partition coefficient (Wildman–Crippen LogP) is 3.46. The molecule has 0 bridgehead atoms. The summed E-state index contributed by atoms with van der Waals surface area (Å²) in [6.45, 7) is 0. The zero-order chi connectivity index (χ0) is 15.6. The molecule has 0 spiro atoms. The van der Waals surface area contributed by atoms with Crippen LogP contribution in [-0.4, -0.2) is 14.4 Å². The number of anilines is 2. The van der Waals surface area contributed by atoms with Crippen molar-refractivity contribution < 1.29 is 13.2 Å². The first-order chi connectivity index (χ1) is 9.78. The second-order valence-electron chi connectivity index (χ2n) is 3.86. The maximum absolute atomic E-state index is 12.2. The van der Waals surface area contributed by atoms with Gasteiger partial charge in [0, 0.05) is 5.69 Å². The Hall–Kier alpha value is -1.29. The van der Waals surface area contributed by atoms with Crippen molar-refractivity contribution in [3.8, 4) is 0 Å². The summed E-state index contributed by atoms with van der Waals surface area (Å²) in [6, 6.07) is 6.79. The van der Waals surface area contributed by atoms with E-state index in [1.54, 1.807) is 18.2 Å². The van der Waals surface area contributed by atoms with Gasteiger partial charge < -0.3 is 11.1 Å². The van der Waals surface area contributed by atoms with E-state index in [1.165, 1.54) is 12.1 Å². The fourth-order valence-electron chi connectivity index (χ4n) is 1.47. The summed E-state index contributed by atoms with van der Waals surface area (Å²) in [5.41, 5.74) is 5.68. The number of carbonyl (C=O) groups is 1. The summed E-state index contributed by atoms with van der Waals surface area (Å²) in [6.07, 6.45) is 0. The number of nitrogens with two attached hydrogens (primary N) is 1. The molecule has 0 aliphatic heterocycles. The molecule has 0 saturated carbocycles. The van der Waals surface area contributed by atoms with Gasteiger partial charge in [-0.2, -0.15) is 0 Å². The maximum Gasteiger partial charge on any atom is 0.316 e. The van der Waals surface area contributed by atoms with Crippen LogP contribution in [0.15, 0.2) is 38.3 Å². The van der Waals surface area contributed by atoms with E-state index in [2.05, 4.69) is 26.0 Å². The second kappa shape index (κ2) is 6.22. The molecule has 0 aliphatic carbocycles. The number of hydrogen-bond acceptors (Lipinski definition) is 4. The molecule has 0 atom stereocenters. The third-order valence-corrected chi connectivity index (χ3v) is 6.60. The molecule has 10 heteroatoms. The van der Waals surface area contributed by atoms with Gasteiger partial charge in [0.15, 0.2) is 0 Å². The Morgan fingerprint density at radius 2 is 1.95 bits per heavy atom. The quantitative estimate of drug-likeness (QED) is 0.719. The van der Waals surface area contributed by atoms with E-state index in [0.29, 0.717) is 20.2 Å². The van der Waals surface area contributed by atoms with E-state index in [1.807, 2.05) is 0 Å². The predicted molar refractivity (Wildman–Crippen MR) is 87.5 cm³/mol. The van der Waals surface area contributed by atoms with Crippen LogP contribution in [0, 0.1) is 0 Å². The van der Waals surface area contributed by atoms with Crippen LogP contribution in [0.3, 0.4) is 0 Å². The van der Waals surface area contributed by atoms with Crippen LogP contribution in [0.5, 0.6) is 0 Å². The van der Waals surface area contributed by atoms with Crippen molar-refractivity contribution in [2.75, 3.05) is 10.0 Å². The molecule has 6 nitrogen and oxygen atoms in total. The Balaban J connectivity index is 2.26. The summed E-state index contributed by atoms with van der Waals surface area (Å²) in [4.78, 5) is 10.8. The number of benzene rings is 1. The van der Waals surface area contributed by atoms with Crippen LogP contribution >= 0.6 is 38.9 Å². The summed E-state index contributed by atoms with van der Waals surface area (Å²) < 4.78 is 27.4. The number of hydrogen-bond donors (Lipinski definition) is 3. The molecule has 0 unspecified atom stereocenters. The Morgan fingerprint density at radius 3 is 2.52 bits per heavy atom. The molecule has 1 aromatic carbocycles. The lowest BCUT2D eigenvalue weighted by atomic mass is 10.3. The first kappa shape index (κ1) is 16.1. The highest BCUT2D eigenvalue weighted by Crippen LogP contribution is 2.35. The van der Waals surface area contributed by atoms with Crippen molar-refractivity contribution in [3.63, 3.8) is 0 Å². The highest BCUT2D eigenvalue weighted by Gasteiger charge is 2.19. The minimum Gasteiger partial charge on any atom is -0.351 e. The average molecular weight is 411 g/mol. The molecular formula is C11H9BrClN3O3S2. The van der Waals surface area contributed by atoms with E-state index in [0.717, 1.165) is 11.3 Å². The topological polar surface area (TPSA) is 101 Å². The third kappa shape index (κ3) is 4.10. The number of primary amides is 1. The zero-order valence-electron chi connectivity index (χ0n) is 10.3. The van der Waals surface area contributed by atoms with Crippen LogP contribution in [0.2, 0.25) is 5.02 Å². The van der Waals surface area contributed by atoms with Crippen molar-refractivity contribution in [3.05, 3.63) is 39.1 Å². The number of urea groups is 1. The number of sulfonamides is 1. The maximum atomic E-state index is 12.2. The van der Waals surface area contributed by atoms with Gasteiger partial charge in [-0.15, -0.1) is 11.3 Å². The largest absolute Gasteiger partial charge is 0.351 e. The van der Waals surface area contributed by atoms with Gasteiger partial charge in [0.25, 0.3) is 10.0 Å². The highest BCUT2D eigenvalue weighted by molar-refractivity contribution is 9.11. The zero-order valence-corrected chi connectivity index (χ0v) is 14.2. The van der Waals surface area contributed by atoms with Gasteiger partial charge in [-0.3, -0.25) is 4.72 Å². The number of halogens is 2. The lowest BCUT2D eigenvalue weighted by Crippen LogP contribution is -2.19. The summed E-state index contributed by atoms with van der Waals surface area (Å²) >= 11 is 10.00.